The Bertz CT molecular complexity index is 178. The van der Waals surface area contributed by atoms with Gasteiger partial charge in [-0.2, -0.15) is 0 Å². The van der Waals surface area contributed by atoms with E-state index in [4.69, 9.17) is 20.4 Å². The zero-order valence-electron chi connectivity index (χ0n) is 7.26. The van der Waals surface area contributed by atoms with Crippen molar-refractivity contribution in [3.8, 4) is 0 Å². The lowest BCUT2D eigenvalue weighted by Crippen LogP contribution is -2.15. The molecular formula is C7H12O6. The fraction of sp³-hybridized carbons (Fsp3) is 0.429. The molecule has 0 aliphatic carbocycles. The van der Waals surface area contributed by atoms with E-state index in [2.05, 4.69) is 0 Å². The van der Waals surface area contributed by atoms with Crippen molar-refractivity contribution in [3.63, 3.8) is 0 Å². The van der Waals surface area contributed by atoms with Gasteiger partial charge < -0.3 is 20.4 Å². The molecule has 0 rings (SSSR count). The quantitative estimate of drug-likeness (QED) is 0.343. The predicted molar refractivity (Wildman–Crippen MR) is 42.9 cm³/mol. The molecule has 13 heavy (non-hydrogen) atoms. The van der Waals surface area contributed by atoms with E-state index in [-0.39, 0.29) is 0 Å². The third-order valence-corrected chi connectivity index (χ3v) is 0.368. The molecule has 0 saturated heterocycles. The van der Waals surface area contributed by atoms with Crippen molar-refractivity contribution in [2.75, 3.05) is 0 Å². The first-order chi connectivity index (χ1) is 5.63. The number of carboxylic acid groups (broad SMARTS) is 2. The SMILES string of the molecule is CC(C)(O)O.O=C(O)C=CC(=O)O. The van der Waals surface area contributed by atoms with Crippen LogP contribution in [0.2, 0.25) is 0 Å². The minimum Gasteiger partial charge on any atom is -0.478 e. The summed E-state index contributed by atoms with van der Waals surface area (Å²) in [4.78, 5) is 19.1. The summed E-state index contributed by atoms with van der Waals surface area (Å²) >= 11 is 0. The molecule has 76 valence electrons. The van der Waals surface area contributed by atoms with Crippen molar-refractivity contribution >= 4 is 11.9 Å². The maximum atomic E-state index is 9.55. The number of rotatable bonds is 2. The van der Waals surface area contributed by atoms with Gasteiger partial charge in [0.05, 0.1) is 0 Å². The number of aliphatic carboxylic acids is 2. The van der Waals surface area contributed by atoms with Crippen molar-refractivity contribution in [2.45, 2.75) is 19.6 Å². The van der Waals surface area contributed by atoms with E-state index < -0.39 is 17.7 Å². The number of carbonyl (C=O) groups is 2. The maximum Gasteiger partial charge on any atom is 0.328 e. The predicted octanol–water partition coefficient (Wildman–Crippen LogP) is -0.581. The molecule has 6 heteroatoms. The third-order valence-electron chi connectivity index (χ3n) is 0.368. The lowest BCUT2D eigenvalue weighted by molar-refractivity contribution is -0.134. The Balaban J connectivity index is 0. The first-order valence-electron chi connectivity index (χ1n) is 3.21. The van der Waals surface area contributed by atoms with E-state index in [1.165, 1.54) is 13.8 Å². The van der Waals surface area contributed by atoms with E-state index in [1.54, 1.807) is 0 Å². The zero-order valence-corrected chi connectivity index (χ0v) is 7.26. The highest BCUT2D eigenvalue weighted by Crippen LogP contribution is 1.88. The first-order valence-corrected chi connectivity index (χ1v) is 3.21. The lowest BCUT2D eigenvalue weighted by atomic mass is 10.4. The van der Waals surface area contributed by atoms with Gasteiger partial charge in [-0.05, 0) is 13.8 Å². The van der Waals surface area contributed by atoms with Crippen LogP contribution in [0.5, 0.6) is 0 Å². The van der Waals surface area contributed by atoms with Gasteiger partial charge in [0.25, 0.3) is 0 Å². The molecule has 4 N–H and O–H groups in total. The number of hydrogen-bond donors (Lipinski definition) is 4. The fourth-order valence-corrected chi connectivity index (χ4v) is 0.143. The molecule has 0 aliphatic rings. The molecule has 0 unspecified atom stereocenters. The molecule has 0 bridgehead atoms. The molecule has 0 fully saturated rings. The van der Waals surface area contributed by atoms with Gasteiger partial charge in [0.2, 0.25) is 0 Å². The molecule has 0 atom stereocenters. The van der Waals surface area contributed by atoms with Gasteiger partial charge in [-0.3, -0.25) is 0 Å². The monoisotopic (exact) mass is 192 g/mol. The highest BCUT2D eigenvalue weighted by molar-refractivity contribution is 5.89. The van der Waals surface area contributed by atoms with E-state index in [0.717, 1.165) is 0 Å². The van der Waals surface area contributed by atoms with Gasteiger partial charge in [-0.25, -0.2) is 9.59 Å². The molecule has 0 saturated carbocycles. The lowest BCUT2D eigenvalue weighted by Gasteiger charge is -2.03. The molecule has 0 aromatic heterocycles. The van der Waals surface area contributed by atoms with Crippen LogP contribution in [0.4, 0.5) is 0 Å². The Kier molecular flexibility index (Phi) is 6.69. The highest BCUT2D eigenvalue weighted by Gasteiger charge is 2.00. The van der Waals surface area contributed by atoms with Crippen LogP contribution in [-0.2, 0) is 9.59 Å². The van der Waals surface area contributed by atoms with E-state index >= 15 is 0 Å². The van der Waals surface area contributed by atoms with Crippen LogP contribution < -0.4 is 0 Å². The smallest absolute Gasteiger partial charge is 0.328 e. The fourth-order valence-electron chi connectivity index (χ4n) is 0.143. The molecule has 0 aliphatic heterocycles. The molecule has 6 nitrogen and oxygen atoms in total. The van der Waals surface area contributed by atoms with Crippen LogP contribution in [0, 0.1) is 0 Å². The molecular weight excluding hydrogens is 180 g/mol. The molecule has 0 heterocycles. The molecule has 0 radical (unpaired) electrons. The van der Waals surface area contributed by atoms with Crippen molar-refractivity contribution in [1.82, 2.24) is 0 Å². The molecule has 0 spiro atoms. The summed E-state index contributed by atoms with van der Waals surface area (Å²) in [5.41, 5.74) is 0. The topological polar surface area (TPSA) is 115 Å². The summed E-state index contributed by atoms with van der Waals surface area (Å²) in [7, 11) is 0. The average Bonchev–Trinajstić information content (AvgIpc) is 1.79. The Labute approximate surface area is 74.7 Å². The van der Waals surface area contributed by atoms with Gasteiger partial charge in [0.1, 0.15) is 0 Å². The van der Waals surface area contributed by atoms with Crippen LogP contribution in [0.3, 0.4) is 0 Å². The van der Waals surface area contributed by atoms with Gasteiger partial charge >= 0.3 is 11.9 Å². The summed E-state index contributed by atoms with van der Waals surface area (Å²) in [6, 6.07) is 0. The standard InChI is InChI=1S/C4H4O4.C3H8O2/c5-3(6)1-2-4(7)8;1-3(2,4)5/h1-2H,(H,5,6)(H,7,8);4-5H,1-2H3. The van der Waals surface area contributed by atoms with Crippen LogP contribution in [0.25, 0.3) is 0 Å². The second-order valence-electron chi connectivity index (χ2n) is 2.50. The molecule has 0 amide bonds. The zero-order chi connectivity index (χ0) is 11.1. The van der Waals surface area contributed by atoms with Crippen molar-refractivity contribution in [3.05, 3.63) is 12.2 Å². The van der Waals surface area contributed by atoms with E-state index in [9.17, 15) is 9.59 Å². The van der Waals surface area contributed by atoms with Crippen molar-refractivity contribution in [1.29, 1.82) is 0 Å². The average molecular weight is 192 g/mol. The van der Waals surface area contributed by atoms with E-state index in [0.29, 0.717) is 12.2 Å². The number of carboxylic acids is 2. The van der Waals surface area contributed by atoms with Gasteiger partial charge in [0, 0.05) is 12.2 Å². The number of hydrogen-bond acceptors (Lipinski definition) is 4. The third kappa shape index (κ3) is 60.5. The van der Waals surface area contributed by atoms with Crippen LogP contribution in [0.15, 0.2) is 12.2 Å². The Morgan fingerprint density at radius 1 is 1.00 bits per heavy atom. The van der Waals surface area contributed by atoms with Crippen LogP contribution in [0.1, 0.15) is 13.8 Å². The van der Waals surface area contributed by atoms with E-state index in [1.807, 2.05) is 0 Å². The molecule has 0 aromatic carbocycles. The second kappa shape index (κ2) is 6.15. The van der Waals surface area contributed by atoms with Gasteiger partial charge in [-0.15, -0.1) is 0 Å². The minimum atomic E-state index is -1.50. The van der Waals surface area contributed by atoms with Crippen molar-refractivity contribution < 1.29 is 30.0 Å². The molecule has 0 aromatic rings. The van der Waals surface area contributed by atoms with Crippen LogP contribution in [-0.4, -0.2) is 38.2 Å². The normalized spacial score (nSPS) is 10.5. The van der Waals surface area contributed by atoms with Gasteiger partial charge in [-0.1, -0.05) is 0 Å². The van der Waals surface area contributed by atoms with Gasteiger partial charge in [0.15, 0.2) is 5.79 Å². The summed E-state index contributed by atoms with van der Waals surface area (Å²) in [6.45, 7) is 2.60. The summed E-state index contributed by atoms with van der Waals surface area (Å²) in [5.74, 6) is -4.01. The Morgan fingerprint density at radius 3 is 1.23 bits per heavy atom. The van der Waals surface area contributed by atoms with Crippen molar-refractivity contribution in [2.24, 2.45) is 0 Å². The summed E-state index contributed by atoms with van der Waals surface area (Å²) < 4.78 is 0. The Hall–Kier alpha value is -1.40. The number of aliphatic hydroxyl groups is 2. The summed E-state index contributed by atoms with van der Waals surface area (Å²) in [5, 5.41) is 31.8. The summed E-state index contributed by atoms with van der Waals surface area (Å²) in [6.07, 6.45) is 1.12. The Morgan fingerprint density at radius 2 is 1.15 bits per heavy atom. The van der Waals surface area contributed by atoms with Crippen LogP contribution >= 0.6 is 0 Å². The second-order valence-corrected chi connectivity index (χ2v) is 2.50. The maximum absolute atomic E-state index is 9.55. The minimum absolute atomic E-state index is 0.558. The largest absolute Gasteiger partial charge is 0.478 e. The highest BCUT2D eigenvalue weighted by atomic mass is 16.5. The first kappa shape index (κ1) is 14.1.